The van der Waals surface area contributed by atoms with Crippen molar-refractivity contribution < 1.29 is 25.6 Å². The highest BCUT2D eigenvalue weighted by atomic mass is 16.5. The Bertz CT molecular complexity index is 723. The molecular weight excluding hydrogens is 454 g/mol. The van der Waals surface area contributed by atoms with E-state index < -0.39 is 24.4 Å². The number of piperidine rings is 1. The summed E-state index contributed by atoms with van der Waals surface area (Å²) in [4.78, 5) is 10.1. The second-order valence-electron chi connectivity index (χ2n) is 9.64. The van der Waals surface area contributed by atoms with E-state index in [1.807, 2.05) is 9.80 Å². The first-order valence-corrected chi connectivity index (χ1v) is 12.4. The number of aromatic nitrogens is 2. The molecule has 1 aliphatic rings. The van der Waals surface area contributed by atoms with Gasteiger partial charge in [0.15, 0.2) is 0 Å². The van der Waals surface area contributed by atoms with Gasteiger partial charge in [0, 0.05) is 58.4 Å². The van der Waals surface area contributed by atoms with Gasteiger partial charge in [-0.3, -0.25) is 15.2 Å². The largest absolute Gasteiger partial charge is 0.423 e. The van der Waals surface area contributed by atoms with Crippen molar-refractivity contribution in [3.05, 3.63) is 11.7 Å². The van der Waals surface area contributed by atoms with Gasteiger partial charge in [-0.2, -0.15) is 4.98 Å². The lowest BCUT2D eigenvalue weighted by Gasteiger charge is -2.30. The van der Waals surface area contributed by atoms with Gasteiger partial charge in [-0.15, -0.1) is 4.73 Å². The molecule has 0 amide bonds. The number of nitrogens with zero attached hydrogens (tertiary/aromatic N) is 5. The van der Waals surface area contributed by atoms with E-state index >= 15 is 0 Å². The van der Waals surface area contributed by atoms with Crippen LogP contribution < -0.4 is 16.3 Å². The van der Waals surface area contributed by atoms with Crippen molar-refractivity contribution in [2.45, 2.75) is 71.4 Å². The van der Waals surface area contributed by atoms with Gasteiger partial charge in [0.1, 0.15) is 11.6 Å². The summed E-state index contributed by atoms with van der Waals surface area (Å²) in [5.41, 5.74) is 5.33. The lowest BCUT2D eigenvalue weighted by Crippen LogP contribution is -2.44. The van der Waals surface area contributed by atoms with Crippen LogP contribution in [0.1, 0.15) is 47.0 Å². The zero-order chi connectivity index (χ0) is 26.5. The molecule has 4 unspecified atom stereocenters. The average molecular weight is 502 g/mol. The fraction of sp³-hybridized carbons (Fsp3) is 0.826. The lowest BCUT2D eigenvalue weighted by molar-refractivity contribution is 0.0542. The molecule has 1 aromatic rings. The van der Waals surface area contributed by atoms with E-state index in [0.717, 1.165) is 25.9 Å². The van der Waals surface area contributed by atoms with Gasteiger partial charge >= 0.3 is 0 Å². The molecular formula is C23H47N7O5. The molecule has 2 heterocycles. The van der Waals surface area contributed by atoms with Crippen molar-refractivity contribution in [3.63, 3.8) is 0 Å². The zero-order valence-corrected chi connectivity index (χ0v) is 21.7. The third-order valence-electron chi connectivity index (χ3n) is 5.44. The Labute approximate surface area is 208 Å². The number of aliphatic hydroxyl groups excluding tert-OH is 4. The molecule has 0 saturated carbocycles. The summed E-state index contributed by atoms with van der Waals surface area (Å²) in [5.74, 6) is 0.832. The van der Waals surface area contributed by atoms with Crippen molar-refractivity contribution in [2.75, 3.05) is 63.0 Å². The number of aliphatic hydroxyl groups is 4. The highest BCUT2D eigenvalue weighted by Gasteiger charge is 2.16. The predicted molar refractivity (Wildman–Crippen MR) is 135 cm³/mol. The van der Waals surface area contributed by atoms with Crippen LogP contribution in [0.15, 0.2) is 6.07 Å². The molecule has 204 valence electrons. The van der Waals surface area contributed by atoms with Gasteiger partial charge in [-0.1, -0.05) is 0 Å². The second kappa shape index (κ2) is 15.9. The number of rotatable bonds is 12. The van der Waals surface area contributed by atoms with Crippen LogP contribution in [0.3, 0.4) is 0 Å². The summed E-state index contributed by atoms with van der Waals surface area (Å²) >= 11 is 0. The molecule has 35 heavy (non-hydrogen) atoms. The first kappa shape index (κ1) is 31.1. The van der Waals surface area contributed by atoms with Crippen molar-refractivity contribution >= 4 is 11.6 Å². The minimum absolute atomic E-state index is 0.149. The van der Waals surface area contributed by atoms with Crippen LogP contribution in [0.25, 0.3) is 0 Å². The Kier molecular flexibility index (Phi) is 14.1. The Hall–Kier alpha value is -1.96. The van der Waals surface area contributed by atoms with Crippen molar-refractivity contribution in [1.29, 1.82) is 5.41 Å². The normalized spacial score (nSPS) is 17.6. The molecule has 0 spiro atoms. The number of nitrogen functional groups attached to an aromatic ring is 1. The number of anilines is 2. The summed E-state index contributed by atoms with van der Waals surface area (Å²) < 4.78 is 0.577. The molecule has 8 N–H and O–H groups in total. The van der Waals surface area contributed by atoms with Crippen LogP contribution in [-0.4, -0.2) is 122 Å². The molecule has 2 rings (SSSR count). The van der Waals surface area contributed by atoms with Crippen LogP contribution in [0.4, 0.5) is 11.6 Å². The fourth-order valence-electron chi connectivity index (χ4n) is 4.08. The highest BCUT2D eigenvalue weighted by Crippen LogP contribution is 2.17. The zero-order valence-electron chi connectivity index (χ0n) is 21.7. The highest BCUT2D eigenvalue weighted by molar-refractivity contribution is 5.46. The summed E-state index contributed by atoms with van der Waals surface area (Å²) in [6.45, 7) is 12.1. The van der Waals surface area contributed by atoms with Crippen molar-refractivity contribution in [2.24, 2.45) is 0 Å². The maximum Gasteiger partial charge on any atom is 0.259 e. The molecule has 1 aromatic heterocycles. The van der Waals surface area contributed by atoms with E-state index in [9.17, 15) is 25.6 Å². The Balaban J connectivity index is 0.000000362. The van der Waals surface area contributed by atoms with Crippen molar-refractivity contribution in [3.8, 4) is 0 Å². The number of nitrogens with two attached hydrogens (primary N) is 1. The quantitative estimate of drug-likeness (QED) is 0.181. The second-order valence-corrected chi connectivity index (χ2v) is 9.64. The third kappa shape index (κ3) is 13.1. The predicted octanol–water partition coefficient (Wildman–Crippen LogP) is -0.714. The summed E-state index contributed by atoms with van der Waals surface area (Å²) in [7, 11) is 0. The Morgan fingerprint density at radius 3 is 1.60 bits per heavy atom. The van der Waals surface area contributed by atoms with E-state index in [2.05, 4.69) is 9.88 Å². The Morgan fingerprint density at radius 1 is 0.857 bits per heavy atom. The van der Waals surface area contributed by atoms with Crippen LogP contribution in [0, 0.1) is 5.41 Å². The topological polar surface area (TPSA) is 179 Å². The first-order chi connectivity index (χ1) is 16.4. The molecule has 0 aliphatic carbocycles. The molecule has 1 aliphatic heterocycles. The van der Waals surface area contributed by atoms with E-state index in [1.165, 1.54) is 6.42 Å². The van der Waals surface area contributed by atoms with E-state index in [1.54, 1.807) is 33.8 Å². The number of nitrogens with one attached hydrogen (secondary N) is 1. The lowest BCUT2D eigenvalue weighted by atomic mass is 10.1. The third-order valence-corrected chi connectivity index (χ3v) is 5.44. The molecule has 1 saturated heterocycles. The monoisotopic (exact) mass is 501 g/mol. The molecule has 1 fully saturated rings. The number of hydrogen-bond donors (Lipinski definition) is 7. The van der Waals surface area contributed by atoms with Gasteiger partial charge in [-0.05, 0) is 47.0 Å². The SMILES string of the molecule is CC(O)CN(CCN(CC(C)O)CC(C)O)CC(C)O.N=c1nc(N2CCCCC2)cc(N)n1O. The summed E-state index contributed by atoms with van der Waals surface area (Å²) in [6.07, 6.45) is 1.73. The van der Waals surface area contributed by atoms with Crippen LogP contribution in [0.5, 0.6) is 0 Å². The standard InChI is InChI=1S/C14H32N2O4.C9H15N5O/c1-11(17)7-15(8-12(2)18)5-6-16(9-13(3)19)10-14(4)20;10-7-6-8(12-9(11)14(7)15)13-4-2-1-3-5-13/h11-14,17-20H,5-10H2,1-4H3;6,11,15H,1-5,10H2. The molecule has 4 atom stereocenters. The molecule has 12 heteroatoms. The first-order valence-electron chi connectivity index (χ1n) is 12.4. The van der Waals surface area contributed by atoms with Gasteiger partial charge in [0.05, 0.1) is 24.4 Å². The maximum absolute atomic E-state index is 9.47. The van der Waals surface area contributed by atoms with Crippen LogP contribution >= 0.6 is 0 Å². The van der Waals surface area contributed by atoms with Gasteiger partial charge < -0.3 is 36.3 Å². The van der Waals surface area contributed by atoms with E-state index in [0.29, 0.717) is 49.8 Å². The summed E-state index contributed by atoms with van der Waals surface area (Å²) in [5, 5.41) is 54.6. The molecule has 12 nitrogen and oxygen atoms in total. The minimum Gasteiger partial charge on any atom is -0.423 e. The Morgan fingerprint density at radius 2 is 1.26 bits per heavy atom. The smallest absolute Gasteiger partial charge is 0.259 e. The van der Waals surface area contributed by atoms with Crippen LogP contribution in [-0.2, 0) is 0 Å². The maximum atomic E-state index is 9.47. The van der Waals surface area contributed by atoms with Gasteiger partial charge in [0.25, 0.3) is 5.62 Å². The summed E-state index contributed by atoms with van der Waals surface area (Å²) in [6, 6.07) is 1.60. The fourth-order valence-corrected chi connectivity index (χ4v) is 4.08. The van der Waals surface area contributed by atoms with Gasteiger partial charge in [0.2, 0.25) is 0 Å². The molecule has 0 bridgehead atoms. The molecule has 0 radical (unpaired) electrons. The van der Waals surface area contributed by atoms with E-state index in [-0.39, 0.29) is 11.4 Å². The van der Waals surface area contributed by atoms with Crippen molar-refractivity contribution in [1.82, 2.24) is 19.5 Å². The van der Waals surface area contributed by atoms with Gasteiger partial charge in [-0.25, -0.2) is 0 Å². The van der Waals surface area contributed by atoms with E-state index in [4.69, 9.17) is 11.1 Å². The van der Waals surface area contributed by atoms with Crippen LogP contribution in [0.2, 0.25) is 0 Å². The minimum atomic E-state index is -0.448. The average Bonchev–Trinajstić information content (AvgIpc) is 2.75. The molecule has 0 aromatic carbocycles. The number of hydrogen-bond acceptors (Lipinski definition) is 11.